The van der Waals surface area contributed by atoms with Crippen LogP contribution in [0.4, 0.5) is 5.69 Å². The Morgan fingerprint density at radius 3 is 2.26 bits per heavy atom. The summed E-state index contributed by atoms with van der Waals surface area (Å²) in [6.45, 7) is 2.31. The summed E-state index contributed by atoms with van der Waals surface area (Å²) in [5, 5.41) is 2.68. The van der Waals surface area contributed by atoms with Crippen LogP contribution < -0.4 is 10.2 Å². The Kier molecular flexibility index (Phi) is 6.51. The lowest BCUT2D eigenvalue weighted by Crippen LogP contribution is -2.50. The van der Waals surface area contributed by atoms with E-state index in [-0.39, 0.29) is 18.2 Å². The molecule has 8 heteroatoms. The van der Waals surface area contributed by atoms with Gasteiger partial charge in [0, 0.05) is 42.9 Å². The predicted molar refractivity (Wildman–Crippen MR) is 110 cm³/mol. The number of sulfonamides is 1. The van der Waals surface area contributed by atoms with Crippen LogP contribution in [0.5, 0.6) is 0 Å². The fraction of sp³-hybridized carbons (Fsp3) is 0.316. The molecule has 0 bridgehead atoms. The molecule has 0 atom stereocenters. The number of carbonyl (C=O) groups is 1. The number of carbonyl (C=O) groups excluding carboxylic acids is 1. The third-order valence-corrected chi connectivity index (χ3v) is 7.08. The van der Waals surface area contributed by atoms with Crippen molar-refractivity contribution in [1.29, 1.82) is 0 Å². The smallest absolute Gasteiger partial charge is 0.252 e. The number of hydrogen-bond acceptors (Lipinski definition) is 4. The third kappa shape index (κ3) is 5.09. The molecule has 3 rings (SSSR count). The molecule has 6 nitrogen and oxygen atoms in total. The molecule has 0 aliphatic carbocycles. The van der Waals surface area contributed by atoms with Gasteiger partial charge in [0.15, 0.2) is 0 Å². The van der Waals surface area contributed by atoms with Crippen molar-refractivity contribution in [2.45, 2.75) is 0 Å². The molecule has 2 aromatic carbocycles. The van der Waals surface area contributed by atoms with Gasteiger partial charge in [0.1, 0.15) is 0 Å². The lowest BCUT2D eigenvalue weighted by atomic mass is 10.2. The number of amides is 1. The SMILES string of the molecule is O=C(NCCS(=O)(=O)N1CCN(c2ccccc2)CC1)c1ccccc1Br. The Hall–Kier alpha value is -1.90. The highest BCUT2D eigenvalue weighted by molar-refractivity contribution is 9.10. The van der Waals surface area contributed by atoms with E-state index in [1.807, 2.05) is 36.4 Å². The van der Waals surface area contributed by atoms with Gasteiger partial charge in [-0.05, 0) is 40.2 Å². The molecule has 1 N–H and O–H groups in total. The zero-order valence-electron chi connectivity index (χ0n) is 14.8. The van der Waals surface area contributed by atoms with Gasteiger partial charge in [-0.15, -0.1) is 0 Å². The number of halogens is 1. The molecule has 27 heavy (non-hydrogen) atoms. The van der Waals surface area contributed by atoms with Crippen LogP contribution in [0.25, 0.3) is 0 Å². The van der Waals surface area contributed by atoms with Gasteiger partial charge in [-0.2, -0.15) is 4.31 Å². The van der Waals surface area contributed by atoms with Crippen LogP contribution in [0.3, 0.4) is 0 Å². The quantitative estimate of drug-likeness (QED) is 0.731. The van der Waals surface area contributed by atoms with Gasteiger partial charge >= 0.3 is 0 Å². The Morgan fingerprint density at radius 1 is 0.963 bits per heavy atom. The number of anilines is 1. The molecule has 144 valence electrons. The number of nitrogens with zero attached hydrogens (tertiary/aromatic N) is 2. The Labute approximate surface area is 168 Å². The lowest BCUT2D eigenvalue weighted by Gasteiger charge is -2.35. The second kappa shape index (κ2) is 8.86. The van der Waals surface area contributed by atoms with Crippen LogP contribution in [-0.4, -0.2) is 57.1 Å². The largest absolute Gasteiger partial charge is 0.369 e. The van der Waals surface area contributed by atoms with Crippen molar-refractivity contribution >= 4 is 37.5 Å². The Morgan fingerprint density at radius 2 is 1.59 bits per heavy atom. The number of rotatable bonds is 6. The molecule has 0 spiro atoms. The predicted octanol–water partition coefficient (Wildman–Crippen LogP) is 2.33. The summed E-state index contributed by atoms with van der Waals surface area (Å²) in [4.78, 5) is 14.4. The first-order chi connectivity index (χ1) is 13.0. The third-order valence-electron chi connectivity index (χ3n) is 4.52. The number of benzene rings is 2. The summed E-state index contributed by atoms with van der Waals surface area (Å²) in [5.74, 6) is -0.388. The highest BCUT2D eigenvalue weighted by atomic mass is 79.9. The van der Waals surface area contributed by atoms with Crippen molar-refractivity contribution in [2.75, 3.05) is 43.4 Å². The first-order valence-electron chi connectivity index (χ1n) is 8.78. The van der Waals surface area contributed by atoms with Gasteiger partial charge in [0.05, 0.1) is 11.3 Å². The van der Waals surface area contributed by atoms with Gasteiger partial charge in [-0.25, -0.2) is 8.42 Å². The zero-order chi connectivity index (χ0) is 19.3. The van der Waals surface area contributed by atoms with E-state index >= 15 is 0 Å². The van der Waals surface area contributed by atoms with E-state index in [1.54, 1.807) is 18.2 Å². The van der Waals surface area contributed by atoms with Crippen molar-refractivity contribution in [3.63, 3.8) is 0 Å². The van der Waals surface area contributed by atoms with E-state index in [2.05, 4.69) is 26.1 Å². The monoisotopic (exact) mass is 451 g/mol. The van der Waals surface area contributed by atoms with Gasteiger partial charge in [-0.1, -0.05) is 30.3 Å². The Balaban J connectivity index is 1.49. The maximum absolute atomic E-state index is 12.6. The van der Waals surface area contributed by atoms with E-state index in [9.17, 15) is 13.2 Å². The van der Waals surface area contributed by atoms with Crippen LogP contribution in [0.1, 0.15) is 10.4 Å². The second-order valence-electron chi connectivity index (χ2n) is 6.27. The topological polar surface area (TPSA) is 69.7 Å². The van der Waals surface area contributed by atoms with E-state index in [0.717, 1.165) is 5.69 Å². The number of piperazine rings is 1. The van der Waals surface area contributed by atoms with E-state index in [0.29, 0.717) is 36.2 Å². The van der Waals surface area contributed by atoms with Crippen molar-refractivity contribution in [3.8, 4) is 0 Å². The molecule has 1 fully saturated rings. The maximum Gasteiger partial charge on any atom is 0.252 e. The summed E-state index contributed by atoms with van der Waals surface area (Å²) in [5.41, 5.74) is 1.60. The molecular weight excluding hydrogens is 430 g/mol. The van der Waals surface area contributed by atoms with Gasteiger partial charge in [0.25, 0.3) is 5.91 Å². The molecular formula is C19H22BrN3O3S. The number of nitrogens with one attached hydrogen (secondary N) is 1. The number of para-hydroxylation sites is 1. The summed E-state index contributed by atoms with van der Waals surface area (Å²) < 4.78 is 27.3. The first kappa shape index (κ1) is 19.9. The van der Waals surface area contributed by atoms with Crippen molar-refractivity contribution in [1.82, 2.24) is 9.62 Å². The van der Waals surface area contributed by atoms with E-state index in [1.165, 1.54) is 4.31 Å². The first-order valence-corrected chi connectivity index (χ1v) is 11.2. The molecule has 0 saturated carbocycles. The molecule has 1 amide bonds. The molecule has 1 saturated heterocycles. The normalized spacial score (nSPS) is 15.5. The van der Waals surface area contributed by atoms with Crippen molar-refractivity contribution in [3.05, 3.63) is 64.6 Å². The molecule has 0 unspecified atom stereocenters. The van der Waals surface area contributed by atoms with Crippen LogP contribution >= 0.6 is 15.9 Å². The molecule has 2 aromatic rings. The Bertz CT molecular complexity index is 882. The van der Waals surface area contributed by atoms with Crippen LogP contribution in [-0.2, 0) is 10.0 Å². The lowest BCUT2D eigenvalue weighted by molar-refractivity contribution is 0.0955. The molecule has 1 aliphatic rings. The van der Waals surface area contributed by atoms with E-state index in [4.69, 9.17) is 0 Å². The summed E-state index contributed by atoms with van der Waals surface area (Å²) >= 11 is 3.32. The van der Waals surface area contributed by atoms with Crippen LogP contribution in [0.15, 0.2) is 59.1 Å². The zero-order valence-corrected chi connectivity index (χ0v) is 17.2. The fourth-order valence-electron chi connectivity index (χ4n) is 3.03. The van der Waals surface area contributed by atoms with Gasteiger partial charge in [-0.3, -0.25) is 4.79 Å². The fourth-order valence-corrected chi connectivity index (χ4v) is 4.83. The minimum Gasteiger partial charge on any atom is -0.369 e. The molecule has 1 aliphatic heterocycles. The molecule has 0 radical (unpaired) electrons. The average molecular weight is 452 g/mol. The minimum atomic E-state index is -3.40. The molecule has 0 aromatic heterocycles. The standard InChI is InChI=1S/C19H22BrN3O3S/c20-18-9-5-4-8-17(18)19(24)21-10-15-27(25,26)23-13-11-22(12-14-23)16-6-2-1-3-7-16/h1-9H,10-15H2,(H,21,24). The van der Waals surface area contributed by atoms with Crippen molar-refractivity contribution in [2.24, 2.45) is 0 Å². The minimum absolute atomic E-state index is 0.0847. The average Bonchev–Trinajstić information content (AvgIpc) is 2.69. The summed E-state index contributed by atoms with van der Waals surface area (Å²) in [7, 11) is -3.40. The molecule has 1 heterocycles. The van der Waals surface area contributed by atoms with E-state index < -0.39 is 10.0 Å². The van der Waals surface area contributed by atoms with Gasteiger partial charge in [0.2, 0.25) is 10.0 Å². The van der Waals surface area contributed by atoms with Crippen LogP contribution in [0, 0.1) is 0 Å². The van der Waals surface area contributed by atoms with Crippen molar-refractivity contribution < 1.29 is 13.2 Å². The maximum atomic E-state index is 12.6. The highest BCUT2D eigenvalue weighted by Crippen LogP contribution is 2.17. The summed E-state index contributed by atoms with van der Waals surface area (Å²) in [6, 6.07) is 17.0. The number of hydrogen-bond donors (Lipinski definition) is 1. The second-order valence-corrected chi connectivity index (χ2v) is 9.22. The van der Waals surface area contributed by atoms with Gasteiger partial charge < -0.3 is 10.2 Å². The summed E-state index contributed by atoms with van der Waals surface area (Å²) in [6.07, 6.45) is 0. The highest BCUT2D eigenvalue weighted by Gasteiger charge is 2.26. The van der Waals surface area contributed by atoms with Crippen LogP contribution in [0.2, 0.25) is 0 Å².